The number of rotatable bonds is 8. The summed E-state index contributed by atoms with van der Waals surface area (Å²) >= 11 is 6.42. The molecule has 29 heavy (non-hydrogen) atoms. The van der Waals surface area contributed by atoms with Crippen LogP contribution < -0.4 is 14.8 Å². The highest BCUT2D eigenvalue weighted by Gasteiger charge is 2.25. The largest absolute Gasteiger partial charge is 0.493 e. The van der Waals surface area contributed by atoms with E-state index in [1.807, 2.05) is 0 Å². The molecule has 0 radical (unpaired) electrons. The molecule has 152 valence electrons. The van der Waals surface area contributed by atoms with Gasteiger partial charge in [0.1, 0.15) is 12.2 Å². The first-order valence-electron chi connectivity index (χ1n) is 8.15. The van der Waals surface area contributed by atoms with Gasteiger partial charge in [-0.05, 0) is 12.2 Å². The van der Waals surface area contributed by atoms with E-state index in [0.717, 1.165) is 6.07 Å². The van der Waals surface area contributed by atoms with Gasteiger partial charge in [-0.1, -0.05) is 0 Å². The average molecular weight is 436 g/mol. The van der Waals surface area contributed by atoms with E-state index >= 15 is 0 Å². The van der Waals surface area contributed by atoms with E-state index in [1.165, 1.54) is 24.5 Å². The highest BCUT2D eigenvalue weighted by Crippen LogP contribution is 2.35. The van der Waals surface area contributed by atoms with Gasteiger partial charge in [0.25, 0.3) is 11.6 Å². The summed E-state index contributed by atoms with van der Waals surface area (Å²) in [4.78, 5) is 27.6. The second-order valence-corrected chi connectivity index (χ2v) is 6.84. The van der Waals surface area contributed by atoms with Crippen molar-refractivity contribution >= 4 is 35.1 Å². The number of hydrogen-bond donors (Lipinski definition) is 2. The van der Waals surface area contributed by atoms with Gasteiger partial charge in [0.2, 0.25) is 0 Å². The molecule has 0 unspecified atom stereocenters. The summed E-state index contributed by atoms with van der Waals surface area (Å²) in [7, 11) is 3.07. The first-order chi connectivity index (χ1) is 13.9. The highest BCUT2D eigenvalue weighted by molar-refractivity contribution is 7.71. The lowest BCUT2D eigenvalue weighted by Gasteiger charge is -2.12. The molecular formula is C16H16N6O5S2. The van der Waals surface area contributed by atoms with Gasteiger partial charge in [-0.2, -0.15) is 5.10 Å². The summed E-state index contributed by atoms with van der Waals surface area (Å²) in [6.07, 6.45) is 0. The number of nitro groups is 1. The zero-order chi connectivity index (χ0) is 21.0. The summed E-state index contributed by atoms with van der Waals surface area (Å²) in [5, 5.41) is 22.5. The molecule has 0 atom stereocenters. The van der Waals surface area contributed by atoms with Crippen molar-refractivity contribution in [1.29, 1.82) is 0 Å². The summed E-state index contributed by atoms with van der Waals surface area (Å²) in [6, 6.07) is 2.43. The zero-order valence-corrected chi connectivity index (χ0v) is 17.0. The number of thiazole rings is 1. The smallest absolute Gasteiger partial charge is 0.286 e. The van der Waals surface area contributed by atoms with E-state index in [2.05, 4.69) is 20.5 Å². The molecule has 0 aliphatic rings. The third kappa shape index (κ3) is 4.57. The van der Waals surface area contributed by atoms with Crippen LogP contribution in [0.4, 0.5) is 5.69 Å². The SMILES string of the molecule is COc1cc(C(=O)NCc2n[nH]c(=S)n2C)c([N+](=O)[O-])cc1OCc1cscn1. The minimum absolute atomic E-state index is 0.0318. The zero-order valence-electron chi connectivity index (χ0n) is 15.4. The van der Waals surface area contributed by atoms with Gasteiger partial charge in [-0.25, -0.2) is 4.98 Å². The molecule has 13 heteroatoms. The normalized spacial score (nSPS) is 10.6. The van der Waals surface area contributed by atoms with E-state index in [1.54, 1.807) is 22.5 Å². The predicted molar refractivity (Wildman–Crippen MR) is 106 cm³/mol. The fourth-order valence-electron chi connectivity index (χ4n) is 2.41. The second kappa shape index (κ2) is 8.79. The van der Waals surface area contributed by atoms with Crippen molar-refractivity contribution in [2.24, 2.45) is 7.05 Å². The number of carbonyl (C=O) groups is 1. The number of aromatic amines is 1. The third-order valence-electron chi connectivity index (χ3n) is 3.96. The maximum absolute atomic E-state index is 12.6. The Labute approximate surface area is 173 Å². The Morgan fingerprint density at radius 2 is 2.24 bits per heavy atom. The van der Waals surface area contributed by atoms with Crippen LogP contribution in [-0.4, -0.2) is 37.7 Å². The quantitative estimate of drug-likeness (QED) is 0.312. The lowest BCUT2D eigenvalue weighted by atomic mass is 10.1. The molecule has 0 aliphatic carbocycles. The Kier molecular flexibility index (Phi) is 6.19. The number of aromatic nitrogens is 4. The molecule has 0 aliphatic heterocycles. The Morgan fingerprint density at radius 1 is 1.45 bits per heavy atom. The van der Waals surface area contributed by atoms with Crippen LogP contribution in [-0.2, 0) is 20.2 Å². The minimum atomic E-state index is -0.657. The van der Waals surface area contributed by atoms with Crippen LogP contribution in [0, 0.1) is 14.9 Å². The molecule has 0 saturated heterocycles. The number of nitro benzene ring substituents is 1. The van der Waals surface area contributed by atoms with Crippen LogP contribution in [0.3, 0.4) is 0 Å². The van der Waals surface area contributed by atoms with Gasteiger partial charge in [-0.15, -0.1) is 11.3 Å². The van der Waals surface area contributed by atoms with Crippen molar-refractivity contribution in [3.05, 3.63) is 55.0 Å². The maximum Gasteiger partial charge on any atom is 0.286 e. The lowest BCUT2D eigenvalue weighted by molar-refractivity contribution is -0.385. The van der Waals surface area contributed by atoms with Gasteiger partial charge in [0.05, 0.1) is 35.8 Å². The number of nitrogens with one attached hydrogen (secondary N) is 2. The highest BCUT2D eigenvalue weighted by atomic mass is 32.1. The number of ether oxygens (including phenoxy) is 2. The van der Waals surface area contributed by atoms with Gasteiger partial charge >= 0.3 is 0 Å². The molecule has 0 saturated carbocycles. The minimum Gasteiger partial charge on any atom is -0.493 e. The Morgan fingerprint density at radius 3 is 2.83 bits per heavy atom. The van der Waals surface area contributed by atoms with Crippen molar-refractivity contribution in [3.63, 3.8) is 0 Å². The molecule has 11 nitrogen and oxygen atoms in total. The predicted octanol–water partition coefficient (Wildman–Crippen LogP) is 2.36. The maximum atomic E-state index is 12.6. The van der Waals surface area contributed by atoms with Gasteiger partial charge < -0.3 is 19.4 Å². The molecule has 1 amide bonds. The lowest BCUT2D eigenvalue weighted by Crippen LogP contribution is -2.25. The summed E-state index contributed by atoms with van der Waals surface area (Å²) in [5.74, 6) is 0.142. The number of amides is 1. The molecule has 0 spiro atoms. The molecule has 0 bridgehead atoms. The summed E-state index contributed by atoms with van der Waals surface area (Å²) in [6.45, 7) is 0.144. The second-order valence-electron chi connectivity index (χ2n) is 5.73. The van der Waals surface area contributed by atoms with E-state index in [0.29, 0.717) is 16.3 Å². The average Bonchev–Trinajstić information content (AvgIpc) is 3.34. The first kappa shape index (κ1) is 20.4. The van der Waals surface area contributed by atoms with Crippen molar-refractivity contribution in [1.82, 2.24) is 25.1 Å². The van der Waals surface area contributed by atoms with Crippen molar-refractivity contribution in [2.75, 3.05) is 7.11 Å². The van der Waals surface area contributed by atoms with Crippen LogP contribution in [0.15, 0.2) is 23.0 Å². The Hall–Kier alpha value is -3.32. The Bertz CT molecular complexity index is 1090. The van der Waals surface area contributed by atoms with E-state index in [4.69, 9.17) is 21.7 Å². The first-order valence-corrected chi connectivity index (χ1v) is 9.50. The van der Waals surface area contributed by atoms with Gasteiger partial charge in [0.15, 0.2) is 22.1 Å². The van der Waals surface area contributed by atoms with Crippen LogP contribution in [0.1, 0.15) is 21.9 Å². The summed E-state index contributed by atoms with van der Waals surface area (Å²) in [5.41, 5.74) is 1.76. The third-order valence-corrected chi connectivity index (χ3v) is 4.96. The molecule has 2 heterocycles. The fourth-order valence-corrected chi connectivity index (χ4v) is 3.10. The number of hydrogen-bond acceptors (Lipinski definition) is 9. The van der Waals surface area contributed by atoms with E-state index in [9.17, 15) is 14.9 Å². The Balaban J connectivity index is 1.84. The van der Waals surface area contributed by atoms with Crippen LogP contribution in [0.5, 0.6) is 11.5 Å². The van der Waals surface area contributed by atoms with Crippen LogP contribution >= 0.6 is 23.6 Å². The number of H-pyrrole nitrogens is 1. The van der Waals surface area contributed by atoms with Crippen LogP contribution in [0.25, 0.3) is 0 Å². The molecule has 3 aromatic rings. The van der Waals surface area contributed by atoms with Crippen LogP contribution in [0.2, 0.25) is 0 Å². The van der Waals surface area contributed by atoms with E-state index < -0.39 is 16.5 Å². The van der Waals surface area contributed by atoms with Crippen molar-refractivity contribution in [2.45, 2.75) is 13.2 Å². The van der Waals surface area contributed by atoms with E-state index in [-0.39, 0.29) is 30.2 Å². The molecule has 2 N–H and O–H groups in total. The number of methoxy groups -OCH3 is 1. The molecule has 2 aromatic heterocycles. The van der Waals surface area contributed by atoms with Gasteiger partial charge in [0, 0.05) is 18.5 Å². The molecular weight excluding hydrogens is 420 g/mol. The number of carbonyl (C=O) groups excluding carboxylic acids is 1. The summed E-state index contributed by atoms with van der Waals surface area (Å²) < 4.78 is 12.8. The monoisotopic (exact) mass is 436 g/mol. The van der Waals surface area contributed by atoms with Crippen molar-refractivity contribution in [3.8, 4) is 11.5 Å². The molecule has 1 aromatic carbocycles. The number of benzene rings is 1. The molecule has 0 fully saturated rings. The molecule has 3 rings (SSSR count). The topological polar surface area (TPSA) is 137 Å². The standard InChI is InChI=1S/C16H16N6O5S2/c1-21-14(19-20-16(21)28)5-17-15(23)10-3-12(26-2)13(4-11(10)22(24)25)27-6-9-7-29-8-18-9/h3-4,7-8H,5-6H2,1-2H3,(H,17,23)(H,20,28). The fraction of sp³-hybridized carbons (Fsp3) is 0.250. The van der Waals surface area contributed by atoms with Crippen molar-refractivity contribution < 1.29 is 19.2 Å². The van der Waals surface area contributed by atoms with Gasteiger partial charge in [-0.3, -0.25) is 20.0 Å². The number of nitrogens with zero attached hydrogens (tertiary/aromatic N) is 4.